The number of nitrogens with zero attached hydrogens (tertiary/aromatic N) is 3. The van der Waals surface area contributed by atoms with Crippen LogP contribution in [0.4, 0.5) is 0 Å². The predicted octanol–water partition coefficient (Wildman–Crippen LogP) is 0.773. The van der Waals surface area contributed by atoms with Crippen molar-refractivity contribution in [2.45, 2.75) is 19.9 Å². The second-order valence-electron chi connectivity index (χ2n) is 6.94. The quantitative estimate of drug-likeness (QED) is 0.905. The average molecular weight is 326 g/mol. The molecule has 1 aromatic heterocycles. The third-order valence-corrected chi connectivity index (χ3v) is 5.36. The van der Waals surface area contributed by atoms with Gasteiger partial charge in [0.15, 0.2) is 0 Å². The van der Waals surface area contributed by atoms with Crippen molar-refractivity contribution in [1.82, 2.24) is 19.8 Å². The van der Waals surface area contributed by atoms with E-state index in [4.69, 9.17) is 0 Å². The Labute approximate surface area is 140 Å². The van der Waals surface area contributed by atoms with Crippen LogP contribution in [0.15, 0.2) is 29.3 Å². The Bertz CT molecular complexity index is 833. The number of carbonyl (C=O) groups is 1. The summed E-state index contributed by atoms with van der Waals surface area (Å²) in [7, 11) is 0. The van der Waals surface area contributed by atoms with Gasteiger partial charge in [-0.1, -0.05) is 12.1 Å². The number of rotatable bonds is 3. The topological polar surface area (TPSA) is 67.2 Å². The van der Waals surface area contributed by atoms with E-state index in [0.717, 1.165) is 37.3 Å². The molecule has 1 N–H and O–H groups in total. The van der Waals surface area contributed by atoms with Crippen LogP contribution in [0.3, 0.4) is 0 Å². The van der Waals surface area contributed by atoms with Crippen LogP contribution in [0.2, 0.25) is 0 Å². The number of likely N-dealkylation sites (tertiary alicyclic amines) is 1. The first-order chi connectivity index (χ1) is 11.6. The highest BCUT2D eigenvalue weighted by atomic mass is 16.2. The molecule has 0 radical (unpaired) electrons. The summed E-state index contributed by atoms with van der Waals surface area (Å²) in [4.78, 5) is 31.4. The third-order valence-electron chi connectivity index (χ3n) is 5.36. The van der Waals surface area contributed by atoms with E-state index < -0.39 is 0 Å². The monoisotopic (exact) mass is 326 g/mol. The Balaban J connectivity index is 1.46. The third kappa shape index (κ3) is 2.60. The minimum absolute atomic E-state index is 0.0704. The van der Waals surface area contributed by atoms with Crippen LogP contribution in [-0.4, -0.2) is 46.5 Å². The molecule has 3 heterocycles. The summed E-state index contributed by atoms with van der Waals surface area (Å²) < 4.78 is 1.55. The van der Waals surface area contributed by atoms with Crippen LogP contribution in [0.1, 0.15) is 12.0 Å². The number of hydrogen-bond acceptors (Lipinski definition) is 4. The molecule has 2 aliphatic rings. The van der Waals surface area contributed by atoms with E-state index in [0.29, 0.717) is 30.2 Å². The van der Waals surface area contributed by atoms with Crippen LogP contribution in [-0.2, 0) is 11.3 Å². The fourth-order valence-corrected chi connectivity index (χ4v) is 3.93. The lowest BCUT2D eigenvalue weighted by Gasteiger charge is -2.17. The van der Waals surface area contributed by atoms with Gasteiger partial charge in [-0.2, -0.15) is 0 Å². The van der Waals surface area contributed by atoms with Crippen molar-refractivity contribution in [2.75, 3.05) is 26.2 Å². The molecule has 1 amide bonds. The molecule has 0 bridgehead atoms. The van der Waals surface area contributed by atoms with Crippen molar-refractivity contribution in [3.63, 3.8) is 0 Å². The van der Waals surface area contributed by atoms with Crippen LogP contribution in [0.25, 0.3) is 10.9 Å². The fourth-order valence-electron chi connectivity index (χ4n) is 3.93. The van der Waals surface area contributed by atoms with Crippen molar-refractivity contribution in [3.05, 3.63) is 40.4 Å². The molecular formula is C18H22N4O2. The summed E-state index contributed by atoms with van der Waals surface area (Å²) >= 11 is 0. The predicted molar refractivity (Wildman–Crippen MR) is 91.8 cm³/mol. The lowest BCUT2D eigenvalue weighted by atomic mass is 10.0. The first-order valence-electron chi connectivity index (χ1n) is 8.57. The van der Waals surface area contributed by atoms with Crippen molar-refractivity contribution in [3.8, 4) is 0 Å². The number of fused-ring (bicyclic) bond motifs is 2. The summed E-state index contributed by atoms with van der Waals surface area (Å²) in [5, 5.41) is 4.00. The lowest BCUT2D eigenvalue weighted by molar-refractivity contribution is -0.130. The highest BCUT2D eigenvalue weighted by molar-refractivity contribution is 5.80. The van der Waals surface area contributed by atoms with Crippen molar-refractivity contribution in [1.29, 1.82) is 0 Å². The zero-order valence-electron chi connectivity index (χ0n) is 13.9. The van der Waals surface area contributed by atoms with Crippen LogP contribution >= 0.6 is 0 Å². The molecule has 2 fully saturated rings. The highest BCUT2D eigenvalue weighted by Crippen LogP contribution is 2.26. The van der Waals surface area contributed by atoms with Gasteiger partial charge in [0, 0.05) is 39.1 Å². The summed E-state index contributed by atoms with van der Waals surface area (Å²) in [6.07, 6.45) is 1.92. The number of amides is 1. The summed E-state index contributed by atoms with van der Waals surface area (Å²) in [6.45, 7) is 6.06. The minimum Gasteiger partial charge on any atom is -0.342 e. The maximum absolute atomic E-state index is 12.6. The molecule has 1 aromatic carbocycles. The van der Waals surface area contributed by atoms with Gasteiger partial charge < -0.3 is 10.2 Å². The standard InChI is InChI=1S/C18H22N4O2/c1-12-3-2-4-15-17(12)20-11-21(18(15)24)6-5-16(23)22-9-13-7-19-8-14(13)10-22/h2-4,11,13-14,19H,5-10H2,1H3/t13-,14+. The zero-order valence-corrected chi connectivity index (χ0v) is 13.9. The SMILES string of the molecule is Cc1cccc2c(=O)n(CCC(=O)N3C[C@H]4CNC[C@H]4C3)cnc12. The second kappa shape index (κ2) is 6.02. The number of aromatic nitrogens is 2. The largest absolute Gasteiger partial charge is 0.342 e. The normalized spacial score (nSPS) is 23.0. The molecule has 0 spiro atoms. The fraction of sp³-hybridized carbons (Fsp3) is 0.500. The molecule has 4 rings (SSSR count). The van der Waals surface area contributed by atoms with Gasteiger partial charge in [0.2, 0.25) is 5.91 Å². The van der Waals surface area contributed by atoms with Gasteiger partial charge in [0.25, 0.3) is 5.56 Å². The van der Waals surface area contributed by atoms with Crippen molar-refractivity contribution >= 4 is 16.8 Å². The summed E-state index contributed by atoms with van der Waals surface area (Å²) in [5.41, 5.74) is 1.66. The molecule has 6 heteroatoms. The van der Waals surface area contributed by atoms with E-state index in [1.807, 2.05) is 24.0 Å². The molecule has 2 saturated heterocycles. The maximum Gasteiger partial charge on any atom is 0.261 e. The van der Waals surface area contributed by atoms with Gasteiger partial charge in [-0.3, -0.25) is 14.2 Å². The molecule has 2 atom stereocenters. The summed E-state index contributed by atoms with van der Waals surface area (Å²) in [6, 6.07) is 5.61. The molecule has 24 heavy (non-hydrogen) atoms. The van der Waals surface area contributed by atoms with Crippen LogP contribution < -0.4 is 10.9 Å². The second-order valence-corrected chi connectivity index (χ2v) is 6.94. The Hall–Kier alpha value is -2.21. The van der Waals surface area contributed by atoms with Gasteiger partial charge in [-0.15, -0.1) is 0 Å². The van der Waals surface area contributed by atoms with E-state index in [9.17, 15) is 9.59 Å². The van der Waals surface area contributed by atoms with Gasteiger partial charge in [-0.05, 0) is 30.4 Å². The number of carbonyl (C=O) groups excluding carboxylic acids is 1. The van der Waals surface area contributed by atoms with E-state index in [1.54, 1.807) is 17.0 Å². The van der Waals surface area contributed by atoms with Crippen LogP contribution in [0.5, 0.6) is 0 Å². The Morgan fingerprint density at radius 3 is 2.79 bits per heavy atom. The lowest BCUT2D eigenvalue weighted by Crippen LogP contribution is -2.33. The van der Waals surface area contributed by atoms with Gasteiger partial charge in [0.1, 0.15) is 0 Å². The Morgan fingerprint density at radius 2 is 2.04 bits per heavy atom. The molecule has 0 unspecified atom stereocenters. The van der Waals surface area contributed by atoms with E-state index in [1.165, 1.54) is 0 Å². The first-order valence-corrected chi connectivity index (χ1v) is 8.57. The molecule has 0 aliphatic carbocycles. The van der Waals surface area contributed by atoms with E-state index >= 15 is 0 Å². The van der Waals surface area contributed by atoms with Crippen molar-refractivity contribution in [2.24, 2.45) is 11.8 Å². The minimum atomic E-state index is -0.0704. The number of nitrogens with one attached hydrogen (secondary N) is 1. The van der Waals surface area contributed by atoms with E-state index in [2.05, 4.69) is 10.3 Å². The smallest absolute Gasteiger partial charge is 0.261 e. The number of hydrogen-bond donors (Lipinski definition) is 1. The Kier molecular flexibility index (Phi) is 3.84. The van der Waals surface area contributed by atoms with Crippen LogP contribution in [0, 0.1) is 18.8 Å². The number of benzene rings is 1. The first kappa shape index (κ1) is 15.3. The molecule has 2 aromatic rings. The Morgan fingerprint density at radius 1 is 1.29 bits per heavy atom. The highest BCUT2D eigenvalue weighted by Gasteiger charge is 2.37. The number of aryl methyl sites for hydroxylation is 2. The number of para-hydroxylation sites is 1. The van der Waals surface area contributed by atoms with Crippen molar-refractivity contribution < 1.29 is 4.79 Å². The van der Waals surface area contributed by atoms with Gasteiger partial charge in [-0.25, -0.2) is 4.98 Å². The molecule has 6 nitrogen and oxygen atoms in total. The molecule has 126 valence electrons. The zero-order chi connectivity index (χ0) is 16.7. The van der Waals surface area contributed by atoms with Gasteiger partial charge >= 0.3 is 0 Å². The summed E-state index contributed by atoms with van der Waals surface area (Å²) in [5.74, 6) is 1.34. The average Bonchev–Trinajstić information content (AvgIpc) is 3.16. The molecule has 0 saturated carbocycles. The van der Waals surface area contributed by atoms with Gasteiger partial charge in [0.05, 0.1) is 17.2 Å². The van der Waals surface area contributed by atoms with E-state index in [-0.39, 0.29) is 11.5 Å². The molecular weight excluding hydrogens is 304 g/mol. The molecule has 2 aliphatic heterocycles. The maximum atomic E-state index is 12.6.